The molecule has 1 atom stereocenters. The molecule has 9 nitrogen and oxygen atoms in total. The van der Waals surface area contributed by atoms with Crippen LogP contribution in [0.3, 0.4) is 0 Å². The van der Waals surface area contributed by atoms with E-state index in [0.29, 0.717) is 11.8 Å². The number of carbonyl (C=O) groups is 1. The highest BCUT2D eigenvalue weighted by molar-refractivity contribution is 8.00. The van der Waals surface area contributed by atoms with Crippen molar-refractivity contribution < 1.29 is 22.9 Å². The molecule has 1 aromatic heterocycles. The molecule has 1 unspecified atom stereocenters. The normalized spacial score (nSPS) is 12.4. The maximum Gasteiger partial charge on any atom is 0.418 e. The monoisotopic (exact) mass is 438 g/mol. The molecule has 1 amide bonds. The highest BCUT2D eigenvalue weighted by Crippen LogP contribution is 2.37. The van der Waals surface area contributed by atoms with Crippen LogP contribution in [0.2, 0.25) is 0 Å². The Morgan fingerprint density at radius 2 is 1.93 bits per heavy atom. The predicted octanol–water partition coefficient (Wildman–Crippen LogP) is 3.71. The summed E-state index contributed by atoms with van der Waals surface area (Å²) >= 11 is 0.946. The number of halogens is 3. The number of carbonyl (C=O) groups excluding carboxylic acids is 1. The average molecular weight is 438 g/mol. The molecule has 0 fully saturated rings. The van der Waals surface area contributed by atoms with Crippen molar-refractivity contribution in [3.8, 4) is 5.69 Å². The van der Waals surface area contributed by atoms with Crippen LogP contribution in [-0.4, -0.2) is 36.3 Å². The number of anilines is 1. The molecule has 13 heteroatoms. The molecule has 0 bridgehead atoms. The van der Waals surface area contributed by atoms with E-state index in [-0.39, 0.29) is 5.16 Å². The van der Waals surface area contributed by atoms with E-state index in [0.717, 1.165) is 23.9 Å². The van der Waals surface area contributed by atoms with Gasteiger partial charge in [0.05, 0.1) is 27.1 Å². The summed E-state index contributed by atoms with van der Waals surface area (Å²) in [5.41, 5.74) is -1.97. The van der Waals surface area contributed by atoms with Crippen LogP contribution in [0.25, 0.3) is 5.69 Å². The Morgan fingerprint density at radius 1 is 1.23 bits per heavy atom. The summed E-state index contributed by atoms with van der Waals surface area (Å²) < 4.78 is 41.2. The lowest BCUT2D eigenvalue weighted by Crippen LogP contribution is -2.24. The van der Waals surface area contributed by atoms with Gasteiger partial charge >= 0.3 is 6.18 Å². The lowest BCUT2D eigenvalue weighted by Gasteiger charge is -2.16. The number of thioether (sulfide) groups is 1. The summed E-state index contributed by atoms with van der Waals surface area (Å²) in [5, 5.41) is 23.6. The summed E-state index contributed by atoms with van der Waals surface area (Å²) in [4.78, 5) is 22.3. The standard InChI is InChI=1S/C17H13F3N6O3S/c1-10(30-16-22-23-24-25(16)11-5-3-2-4-6-11)15(27)21-14-8-7-12(26(28)29)9-13(14)17(18,19)20/h2-10H,1H3,(H,21,27). The van der Waals surface area contributed by atoms with E-state index in [1.807, 2.05) is 0 Å². The highest BCUT2D eigenvalue weighted by atomic mass is 32.2. The first-order valence-corrected chi connectivity index (χ1v) is 9.21. The first kappa shape index (κ1) is 21.2. The number of benzene rings is 2. The van der Waals surface area contributed by atoms with Gasteiger partial charge in [-0.1, -0.05) is 30.0 Å². The first-order chi connectivity index (χ1) is 14.2. The molecule has 0 saturated carbocycles. The number of amides is 1. The maximum absolute atomic E-state index is 13.3. The van der Waals surface area contributed by atoms with Gasteiger partial charge in [0.2, 0.25) is 11.1 Å². The minimum atomic E-state index is -4.89. The molecule has 3 rings (SSSR count). The number of aromatic nitrogens is 4. The summed E-state index contributed by atoms with van der Waals surface area (Å²) in [5.74, 6) is -0.748. The lowest BCUT2D eigenvalue weighted by molar-refractivity contribution is -0.385. The van der Waals surface area contributed by atoms with Gasteiger partial charge in [-0.25, -0.2) is 0 Å². The van der Waals surface area contributed by atoms with E-state index in [9.17, 15) is 28.1 Å². The fraction of sp³-hybridized carbons (Fsp3) is 0.176. The van der Waals surface area contributed by atoms with Gasteiger partial charge < -0.3 is 5.32 Å². The number of para-hydroxylation sites is 1. The molecule has 1 N–H and O–H groups in total. The van der Waals surface area contributed by atoms with Crippen molar-refractivity contribution >= 4 is 29.0 Å². The van der Waals surface area contributed by atoms with E-state index in [4.69, 9.17) is 0 Å². The number of alkyl halides is 3. The van der Waals surface area contributed by atoms with Crippen LogP contribution in [0, 0.1) is 10.1 Å². The zero-order valence-electron chi connectivity index (χ0n) is 15.2. The van der Waals surface area contributed by atoms with Crippen molar-refractivity contribution in [3.63, 3.8) is 0 Å². The highest BCUT2D eigenvalue weighted by Gasteiger charge is 2.36. The second-order valence-electron chi connectivity index (χ2n) is 5.94. The minimum Gasteiger partial charge on any atom is -0.325 e. The van der Waals surface area contributed by atoms with Gasteiger partial charge in [0.1, 0.15) is 0 Å². The fourth-order valence-electron chi connectivity index (χ4n) is 2.42. The Labute approximate surface area is 171 Å². The van der Waals surface area contributed by atoms with Crippen LogP contribution in [0.1, 0.15) is 12.5 Å². The molecule has 0 aliphatic rings. The van der Waals surface area contributed by atoms with Crippen molar-refractivity contribution in [2.75, 3.05) is 5.32 Å². The van der Waals surface area contributed by atoms with Gasteiger partial charge in [-0.05, 0) is 35.5 Å². The van der Waals surface area contributed by atoms with Crippen LogP contribution in [0.15, 0.2) is 53.7 Å². The number of nitrogens with one attached hydrogen (secondary N) is 1. The Hall–Kier alpha value is -3.48. The van der Waals surface area contributed by atoms with Crippen LogP contribution >= 0.6 is 11.8 Å². The average Bonchev–Trinajstić information content (AvgIpc) is 3.16. The fourth-order valence-corrected chi connectivity index (χ4v) is 3.23. The smallest absolute Gasteiger partial charge is 0.325 e. The van der Waals surface area contributed by atoms with Gasteiger partial charge in [0.15, 0.2) is 0 Å². The zero-order valence-corrected chi connectivity index (χ0v) is 16.0. The Kier molecular flexibility index (Phi) is 6.01. The van der Waals surface area contributed by atoms with Gasteiger partial charge in [-0.3, -0.25) is 14.9 Å². The Bertz CT molecular complexity index is 1070. The van der Waals surface area contributed by atoms with Crippen LogP contribution in [0.4, 0.5) is 24.5 Å². The molecule has 0 aliphatic carbocycles. The first-order valence-electron chi connectivity index (χ1n) is 8.34. The molecule has 156 valence electrons. The number of hydrogen-bond acceptors (Lipinski definition) is 7. The largest absolute Gasteiger partial charge is 0.418 e. The molecule has 2 aromatic carbocycles. The topological polar surface area (TPSA) is 116 Å². The van der Waals surface area contributed by atoms with Gasteiger partial charge in [-0.2, -0.15) is 17.9 Å². The number of tetrazole rings is 1. The number of hydrogen-bond donors (Lipinski definition) is 1. The molecule has 0 saturated heterocycles. The Morgan fingerprint density at radius 3 is 2.57 bits per heavy atom. The summed E-state index contributed by atoms with van der Waals surface area (Å²) in [6.45, 7) is 1.47. The molecule has 1 heterocycles. The molecule has 0 radical (unpaired) electrons. The van der Waals surface area contributed by atoms with Crippen LogP contribution in [-0.2, 0) is 11.0 Å². The molecule has 30 heavy (non-hydrogen) atoms. The molecular weight excluding hydrogens is 425 g/mol. The van der Waals surface area contributed by atoms with Crippen molar-refractivity contribution in [3.05, 3.63) is 64.2 Å². The summed E-state index contributed by atoms with van der Waals surface area (Å²) in [7, 11) is 0. The maximum atomic E-state index is 13.3. The van der Waals surface area contributed by atoms with Crippen molar-refractivity contribution in [1.29, 1.82) is 0 Å². The second kappa shape index (κ2) is 8.49. The van der Waals surface area contributed by atoms with Gasteiger partial charge in [0.25, 0.3) is 5.69 Å². The van der Waals surface area contributed by atoms with E-state index < -0.39 is 39.2 Å². The number of rotatable bonds is 6. The number of nitro groups is 1. The van der Waals surface area contributed by atoms with E-state index in [1.165, 1.54) is 11.6 Å². The van der Waals surface area contributed by atoms with Crippen molar-refractivity contribution in [2.45, 2.75) is 23.5 Å². The number of nitro benzene ring substituents is 1. The van der Waals surface area contributed by atoms with Gasteiger partial charge in [0, 0.05) is 12.1 Å². The van der Waals surface area contributed by atoms with Crippen LogP contribution in [0.5, 0.6) is 0 Å². The molecule has 0 spiro atoms. The third-order valence-corrected chi connectivity index (χ3v) is 4.90. The number of nitrogens with zero attached hydrogens (tertiary/aromatic N) is 5. The zero-order chi connectivity index (χ0) is 21.9. The Balaban J connectivity index is 1.79. The van der Waals surface area contributed by atoms with Crippen molar-refractivity contribution in [2.24, 2.45) is 0 Å². The third-order valence-electron chi connectivity index (χ3n) is 3.87. The predicted molar refractivity (Wildman–Crippen MR) is 101 cm³/mol. The molecule has 3 aromatic rings. The molecular formula is C17H13F3N6O3S. The second-order valence-corrected chi connectivity index (χ2v) is 7.25. The summed E-state index contributed by atoms with van der Waals surface area (Å²) in [6.07, 6.45) is -4.89. The molecule has 0 aliphatic heterocycles. The summed E-state index contributed by atoms with van der Waals surface area (Å²) in [6, 6.07) is 11.0. The quantitative estimate of drug-likeness (QED) is 0.354. The number of non-ortho nitro benzene ring substituents is 1. The van der Waals surface area contributed by atoms with E-state index >= 15 is 0 Å². The third kappa shape index (κ3) is 4.74. The van der Waals surface area contributed by atoms with E-state index in [2.05, 4.69) is 20.8 Å². The van der Waals surface area contributed by atoms with Crippen molar-refractivity contribution in [1.82, 2.24) is 20.2 Å². The van der Waals surface area contributed by atoms with E-state index in [1.54, 1.807) is 30.3 Å². The lowest BCUT2D eigenvalue weighted by atomic mass is 10.1. The van der Waals surface area contributed by atoms with Gasteiger partial charge in [-0.15, -0.1) is 5.10 Å². The van der Waals surface area contributed by atoms with Crippen LogP contribution < -0.4 is 5.32 Å². The SMILES string of the molecule is CC(Sc1nnnn1-c1ccccc1)C(=O)Nc1ccc([N+](=O)[O-])cc1C(F)(F)F. The minimum absolute atomic E-state index is 0.267.